The Morgan fingerprint density at radius 1 is 0.457 bits per heavy atom. The number of alkyl halides is 6. The molecule has 0 fully saturated rings. The van der Waals surface area contributed by atoms with Gasteiger partial charge in [-0.15, -0.1) is 4.33 Å². The van der Waals surface area contributed by atoms with Gasteiger partial charge in [-0.1, -0.05) is 126 Å². The van der Waals surface area contributed by atoms with Crippen LogP contribution in [0.3, 0.4) is 0 Å². The van der Waals surface area contributed by atoms with Crippen molar-refractivity contribution in [3.63, 3.8) is 0 Å². The number of carbonyl (C=O) groups is 3. The normalized spacial score (nSPS) is 12.0. The third-order valence-electron chi connectivity index (χ3n) is 13.3. The van der Waals surface area contributed by atoms with Crippen molar-refractivity contribution < 1.29 is 77.8 Å². The van der Waals surface area contributed by atoms with Gasteiger partial charge in [0.15, 0.2) is 17.3 Å². The topological polar surface area (TPSA) is 163 Å². The van der Waals surface area contributed by atoms with Gasteiger partial charge in [-0.25, -0.2) is 5.26 Å². The van der Waals surface area contributed by atoms with Gasteiger partial charge in [0.2, 0.25) is 5.41 Å². The maximum Gasteiger partial charge on any atom is 0.411 e. The van der Waals surface area contributed by atoms with Gasteiger partial charge in [-0.05, 0) is 144 Å². The maximum atomic E-state index is 15.0. The molecule has 9 aromatic rings. The van der Waals surface area contributed by atoms with Gasteiger partial charge in [0.1, 0.15) is 23.0 Å². The molecule has 0 aliphatic heterocycles. The Morgan fingerprint density at radius 2 is 0.840 bits per heavy atom. The SMILES string of the molecule is Cc1ccc(C(=O)c2ccc(Oc3ccc(C(c4ccc(Oc5ccc(C(=O)c6ccc(-c7ccc(C)c(C(=O)c8ccc(-c9ccc(S(=O)(=O)O)cc9SOOO)cc8)c7)cc6)cc5)cc4)(C(F)(F)F)C(F)(F)F)cc3)cc2)cc1. The van der Waals surface area contributed by atoms with Crippen molar-refractivity contribution in [2.75, 3.05) is 0 Å². The van der Waals surface area contributed by atoms with Crippen LogP contribution in [0.15, 0.2) is 216 Å². The summed E-state index contributed by atoms with van der Waals surface area (Å²) in [5.74, 6) is -0.719. The molecule has 0 aliphatic carbocycles. The fourth-order valence-electron chi connectivity index (χ4n) is 9.03. The van der Waals surface area contributed by atoms with Crippen LogP contribution in [0.5, 0.6) is 23.0 Å². The average molecular weight is 1140 g/mol. The molecule has 11 nitrogen and oxygen atoms in total. The number of rotatable bonds is 18. The minimum Gasteiger partial charge on any atom is -0.457 e. The van der Waals surface area contributed by atoms with Crippen LogP contribution in [-0.4, -0.2) is 47.9 Å². The van der Waals surface area contributed by atoms with Crippen molar-refractivity contribution in [2.45, 2.75) is 41.4 Å². The lowest BCUT2D eigenvalue weighted by Gasteiger charge is -2.38. The quantitative estimate of drug-likeness (QED) is 0.0209. The lowest BCUT2D eigenvalue weighted by Crippen LogP contribution is -2.54. The first-order valence-corrected chi connectivity index (χ1v) is 26.4. The summed E-state index contributed by atoms with van der Waals surface area (Å²) in [4.78, 5) is 40.1. The maximum absolute atomic E-state index is 15.0. The molecule has 9 rings (SSSR count). The summed E-state index contributed by atoms with van der Waals surface area (Å²) in [6.45, 7) is 3.67. The molecule has 410 valence electrons. The standard InChI is InChI=1S/C62H42F6O11S2/c1-37-3-6-41(7-4-37)57(69)43-17-25-49(26-18-43)76-51-29-21-47(22-30-51)60(61(63,64)65,62(66,67)68)48-23-31-52(32-24-48)77-50-27-19-44(20-28-50)58(70)42-13-9-39(10-14-42)46-8-5-38(2)55(35-46)59(71)45-15-11-40(12-16-45)54-34-33-53(81(73,74)75)36-56(54)80-79-78-72/h3-36,72H,1-2H3,(H,73,74,75). The second kappa shape index (κ2) is 23.2. The van der Waals surface area contributed by atoms with E-state index in [1.807, 2.05) is 13.0 Å². The number of aryl methyl sites for hydroxylation is 2. The summed E-state index contributed by atoms with van der Waals surface area (Å²) in [5, 5.41) is 12.3. The molecule has 0 saturated carbocycles. The Labute approximate surface area is 463 Å². The van der Waals surface area contributed by atoms with Crippen LogP contribution in [0.2, 0.25) is 0 Å². The first-order chi connectivity index (χ1) is 38.5. The fraction of sp³-hybridized carbons (Fsp3) is 0.0806. The van der Waals surface area contributed by atoms with Crippen molar-refractivity contribution in [1.29, 1.82) is 0 Å². The van der Waals surface area contributed by atoms with Crippen molar-refractivity contribution >= 4 is 39.5 Å². The highest BCUT2D eigenvalue weighted by molar-refractivity contribution is 7.94. The van der Waals surface area contributed by atoms with E-state index in [1.165, 1.54) is 60.7 Å². The van der Waals surface area contributed by atoms with E-state index in [0.717, 1.165) is 35.9 Å². The minimum atomic E-state index is -5.86. The number of halogens is 6. The molecule has 81 heavy (non-hydrogen) atoms. The van der Waals surface area contributed by atoms with E-state index in [9.17, 15) is 27.4 Å². The Balaban J connectivity index is 0.851. The highest BCUT2D eigenvalue weighted by Crippen LogP contribution is 2.56. The number of ether oxygens (including phenoxy) is 2. The molecular formula is C62H42F6O11S2. The predicted octanol–water partition coefficient (Wildman–Crippen LogP) is 16.0. The zero-order valence-corrected chi connectivity index (χ0v) is 43.9. The molecule has 0 aromatic heterocycles. The van der Waals surface area contributed by atoms with Crippen LogP contribution in [0.25, 0.3) is 22.3 Å². The first kappa shape index (κ1) is 57.0. The molecule has 0 amide bonds. The Bertz CT molecular complexity index is 3880. The number of hydrogen-bond donors (Lipinski definition) is 2. The van der Waals surface area contributed by atoms with Gasteiger partial charge in [-0.3, -0.25) is 18.9 Å². The number of ketones is 3. The lowest BCUT2D eigenvalue weighted by molar-refractivity contribution is -0.432. The van der Waals surface area contributed by atoms with E-state index in [4.69, 9.17) is 14.7 Å². The van der Waals surface area contributed by atoms with Crippen molar-refractivity contribution in [2.24, 2.45) is 0 Å². The number of hydrogen-bond acceptors (Lipinski definition) is 11. The van der Waals surface area contributed by atoms with Gasteiger partial charge >= 0.3 is 12.4 Å². The first-order valence-electron chi connectivity index (χ1n) is 24.2. The van der Waals surface area contributed by atoms with E-state index >= 15 is 26.3 Å². The second-order valence-corrected chi connectivity index (χ2v) is 20.6. The second-order valence-electron chi connectivity index (χ2n) is 18.4. The van der Waals surface area contributed by atoms with Crippen LogP contribution in [0.1, 0.15) is 70.0 Å². The Morgan fingerprint density at radius 3 is 1.26 bits per heavy atom. The molecule has 0 heterocycles. The molecule has 0 aliphatic rings. The van der Waals surface area contributed by atoms with Crippen molar-refractivity contribution in [3.05, 3.63) is 262 Å². The van der Waals surface area contributed by atoms with Crippen LogP contribution in [-0.2, 0) is 24.9 Å². The molecule has 0 saturated heterocycles. The van der Waals surface area contributed by atoms with E-state index in [-0.39, 0.29) is 50.8 Å². The summed E-state index contributed by atoms with van der Waals surface area (Å²) in [7, 11) is -4.56. The fourth-order valence-corrected chi connectivity index (χ4v) is 10.2. The highest BCUT2D eigenvalue weighted by atomic mass is 32.2. The Kier molecular flexibility index (Phi) is 16.3. The molecule has 2 N–H and O–H groups in total. The van der Waals surface area contributed by atoms with Crippen molar-refractivity contribution in [1.82, 2.24) is 0 Å². The average Bonchev–Trinajstić information content (AvgIpc) is 3.65. The van der Waals surface area contributed by atoms with Crippen LogP contribution >= 0.6 is 12.0 Å². The number of benzene rings is 9. The summed E-state index contributed by atoms with van der Waals surface area (Å²) in [6, 6.07) is 47.6. The monoisotopic (exact) mass is 1140 g/mol. The van der Waals surface area contributed by atoms with Crippen molar-refractivity contribution in [3.8, 4) is 45.3 Å². The molecule has 0 bridgehead atoms. The Hall–Kier alpha value is -8.69. The molecular weight excluding hydrogens is 1100 g/mol. The van der Waals surface area contributed by atoms with Gasteiger partial charge in [0.05, 0.1) is 16.9 Å². The van der Waals surface area contributed by atoms with E-state index in [2.05, 4.69) is 9.37 Å². The predicted molar refractivity (Wildman–Crippen MR) is 289 cm³/mol. The van der Waals surface area contributed by atoms with Crippen LogP contribution in [0.4, 0.5) is 26.3 Å². The van der Waals surface area contributed by atoms with E-state index < -0.39 is 43.9 Å². The molecule has 9 aromatic carbocycles. The third-order valence-corrected chi connectivity index (χ3v) is 14.8. The van der Waals surface area contributed by atoms with Crippen LogP contribution in [0, 0.1) is 13.8 Å². The smallest absolute Gasteiger partial charge is 0.411 e. The molecule has 0 atom stereocenters. The lowest BCUT2D eigenvalue weighted by atomic mass is 9.73. The highest BCUT2D eigenvalue weighted by Gasteiger charge is 2.72. The third kappa shape index (κ3) is 12.2. The van der Waals surface area contributed by atoms with Gasteiger partial charge in [0.25, 0.3) is 10.1 Å². The minimum absolute atomic E-state index is 0.0492. The largest absolute Gasteiger partial charge is 0.457 e. The molecule has 0 unspecified atom stereocenters. The molecule has 19 heteroatoms. The van der Waals surface area contributed by atoms with Gasteiger partial charge in [0, 0.05) is 38.3 Å². The summed E-state index contributed by atoms with van der Waals surface area (Å²) in [6.07, 6.45) is -11.7. The van der Waals surface area contributed by atoms with E-state index in [0.29, 0.717) is 91.9 Å². The van der Waals surface area contributed by atoms with E-state index in [1.54, 1.807) is 91.9 Å². The van der Waals surface area contributed by atoms with Gasteiger partial charge < -0.3 is 9.47 Å². The zero-order valence-electron chi connectivity index (χ0n) is 42.3. The number of carbonyl (C=O) groups excluding carboxylic acids is 3. The molecule has 0 spiro atoms. The molecule has 0 radical (unpaired) electrons. The summed E-state index contributed by atoms with van der Waals surface area (Å²) in [5.41, 5.74) is -0.546. The zero-order chi connectivity index (χ0) is 57.9. The van der Waals surface area contributed by atoms with Crippen LogP contribution < -0.4 is 9.47 Å². The summed E-state index contributed by atoms with van der Waals surface area (Å²) >= 11 is 0.494. The summed E-state index contributed by atoms with van der Waals surface area (Å²) < 4.78 is 139. The van der Waals surface area contributed by atoms with Gasteiger partial charge in [-0.2, -0.15) is 34.8 Å².